The summed E-state index contributed by atoms with van der Waals surface area (Å²) in [7, 11) is 0. The van der Waals surface area contributed by atoms with E-state index < -0.39 is 0 Å². The molecule has 0 aliphatic heterocycles. The van der Waals surface area contributed by atoms with E-state index in [1.807, 2.05) is 47.3 Å². The number of hydrogen-bond acceptors (Lipinski definition) is 3. The van der Waals surface area contributed by atoms with Crippen molar-refractivity contribution in [2.75, 3.05) is 6.54 Å². The third-order valence-corrected chi connectivity index (χ3v) is 3.61. The molecule has 0 atom stereocenters. The summed E-state index contributed by atoms with van der Waals surface area (Å²) in [4.78, 5) is 12.1. The number of benzene rings is 2. The van der Waals surface area contributed by atoms with Gasteiger partial charge in [0.2, 0.25) is 0 Å². The number of carbonyl (C=O) groups is 1. The Bertz CT molecular complexity index is 878. The summed E-state index contributed by atoms with van der Waals surface area (Å²) < 4.78 is 1.81. The lowest BCUT2D eigenvalue weighted by molar-refractivity contribution is 0.0954. The molecule has 5 heteroatoms. The minimum atomic E-state index is -0.178. The van der Waals surface area contributed by atoms with Crippen LogP contribution in [0.3, 0.4) is 0 Å². The number of carbonyl (C=O) groups excluding carboxylic acids is 1. The number of aromatic nitrogens is 2. The zero-order valence-corrected chi connectivity index (χ0v) is 13.0. The van der Waals surface area contributed by atoms with Crippen LogP contribution >= 0.6 is 0 Å². The van der Waals surface area contributed by atoms with Crippen molar-refractivity contribution in [2.24, 2.45) is 0 Å². The van der Waals surface area contributed by atoms with Gasteiger partial charge in [-0.05, 0) is 42.3 Å². The van der Waals surface area contributed by atoms with Crippen LogP contribution in [0.5, 0.6) is 0 Å². The van der Waals surface area contributed by atoms with E-state index in [0.29, 0.717) is 24.1 Å². The Morgan fingerprint density at radius 2 is 2.00 bits per heavy atom. The van der Waals surface area contributed by atoms with E-state index in [-0.39, 0.29) is 5.91 Å². The van der Waals surface area contributed by atoms with E-state index in [0.717, 1.165) is 11.3 Å². The van der Waals surface area contributed by atoms with Gasteiger partial charge in [0.15, 0.2) is 0 Å². The summed E-state index contributed by atoms with van der Waals surface area (Å²) in [6.07, 6.45) is 4.45. The first-order chi connectivity index (χ1) is 11.8. The van der Waals surface area contributed by atoms with Gasteiger partial charge in [0.25, 0.3) is 5.91 Å². The van der Waals surface area contributed by atoms with Gasteiger partial charge in [0.1, 0.15) is 0 Å². The van der Waals surface area contributed by atoms with Crippen LogP contribution in [0.2, 0.25) is 0 Å². The molecule has 0 aliphatic rings. The van der Waals surface area contributed by atoms with E-state index in [2.05, 4.69) is 10.4 Å². The summed E-state index contributed by atoms with van der Waals surface area (Å²) in [5.74, 6) is -0.178. The highest BCUT2D eigenvalue weighted by Crippen LogP contribution is 2.08. The number of nitrogens with one attached hydrogen (secondary N) is 1. The summed E-state index contributed by atoms with van der Waals surface area (Å²) >= 11 is 0. The maximum absolute atomic E-state index is 12.1. The number of hydrogen-bond donors (Lipinski definition) is 1. The quantitative estimate of drug-likeness (QED) is 0.787. The molecule has 0 spiro atoms. The van der Waals surface area contributed by atoms with Crippen molar-refractivity contribution >= 4 is 5.91 Å². The van der Waals surface area contributed by atoms with Gasteiger partial charge in [0, 0.05) is 18.3 Å². The van der Waals surface area contributed by atoms with Crippen molar-refractivity contribution in [3.05, 3.63) is 83.7 Å². The Morgan fingerprint density at radius 1 is 1.17 bits per heavy atom. The number of amides is 1. The Morgan fingerprint density at radius 3 is 2.79 bits per heavy atom. The average Bonchev–Trinajstić information content (AvgIpc) is 3.11. The molecule has 3 aromatic rings. The Labute approximate surface area is 140 Å². The predicted molar refractivity (Wildman–Crippen MR) is 90.8 cm³/mol. The third kappa shape index (κ3) is 3.68. The lowest BCUT2D eigenvalue weighted by Crippen LogP contribution is -2.25. The standard InChI is InChI=1S/C19H16N4O/c20-12-15-5-4-6-17(11-15)19(24)21-10-9-16-13-22-23(14-16)18-7-2-1-3-8-18/h1-8,11,13-14H,9-10H2,(H,21,24). The molecule has 0 unspecified atom stereocenters. The highest BCUT2D eigenvalue weighted by Gasteiger charge is 2.06. The Hall–Kier alpha value is -3.39. The molecule has 5 nitrogen and oxygen atoms in total. The van der Waals surface area contributed by atoms with Gasteiger partial charge in [-0.1, -0.05) is 24.3 Å². The fraction of sp³-hybridized carbons (Fsp3) is 0.105. The summed E-state index contributed by atoms with van der Waals surface area (Å²) in [6.45, 7) is 0.510. The second kappa shape index (κ2) is 7.25. The molecule has 0 aliphatic carbocycles. The molecule has 0 bridgehead atoms. The molecule has 3 rings (SSSR count). The molecule has 0 radical (unpaired) electrons. The smallest absolute Gasteiger partial charge is 0.251 e. The topological polar surface area (TPSA) is 70.7 Å². The van der Waals surface area contributed by atoms with E-state index in [1.54, 1.807) is 30.5 Å². The summed E-state index contributed by atoms with van der Waals surface area (Å²) in [5, 5.41) is 16.1. The van der Waals surface area contributed by atoms with E-state index >= 15 is 0 Å². The first-order valence-electron chi connectivity index (χ1n) is 7.63. The minimum absolute atomic E-state index is 0.178. The van der Waals surface area contributed by atoms with Gasteiger partial charge in [-0.3, -0.25) is 4.79 Å². The SMILES string of the molecule is N#Cc1cccc(C(=O)NCCc2cnn(-c3ccccc3)c2)c1. The lowest BCUT2D eigenvalue weighted by atomic mass is 10.1. The maximum atomic E-state index is 12.1. The zero-order chi connectivity index (χ0) is 16.8. The number of nitriles is 1. The molecule has 0 saturated carbocycles. The Balaban J connectivity index is 1.56. The van der Waals surface area contributed by atoms with E-state index in [9.17, 15) is 4.79 Å². The second-order valence-electron chi connectivity index (χ2n) is 5.33. The fourth-order valence-electron chi connectivity index (χ4n) is 2.36. The summed E-state index contributed by atoms with van der Waals surface area (Å²) in [6, 6.07) is 18.6. The zero-order valence-electron chi connectivity index (χ0n) is 13.0. The van der Waals surface area contributed by atoms with Gasteiger partial charge >= 0.3 is 0 Å². The van der Waals surface area contributed by atoms with Gasteiger partial charge in [0.05, 0.1) is 23.5 Å². The maximum Gasteiger partial charge on any atom is 0.251 e. The van der Waals surface area contributed by atoms with Crippen LogP contribution in [0.25, 0.3) is 5.69 Å². The summed E-state index contributed by atoms with van der Waals surface area (Å²) in [5.41, 5.74) is 3.02. The molecular weight excluding hydrogens is 300 g/mol. The largest absolute Gasteiger partial charge is 0.352 e. The second-order valence-corrected chi connectivity index (χ2v) is 5.33. The van der Waals surface area contributed by atoms with Crippen LogP contribution in [0.1, 0.15) is 21.5 Å². The van der Waals surface area contributed by atoms with Crippen molar-refractivity contribution in [3.8, 4) is 11.8 Å². The lowest BCUT2D eigenvalue weighted by Gasteiger charge is -2.04. The highest BCUT2D eigenvalue weighted by atomic mass is 16.1. The van der Waals surface area contributed by atoms with Crippen molar-refractivity contribution in [1.82, 2.24) is 15.1 Å². The van der Waals surface area contributed by atoms with E-state index in [1.165, 1.54) is 0 Å². The number of nitrogens with zero attached hydrogens (tertiary/aromatic N) is 3. The minimum Gasteiger partial charge on any atom is -0.352 e. The Kier molecular flexibility index (Phi) is 4.68. The normalized spacial score (nSPS) is 10.1. The molecule has 0 fully saturated rings. The molecule has 1 aromatic heterocycles. The first-order valence-corrected chi connectivity index (χ1v) is 7.63. The highest BCUT2D eigenvalue weighted by molar-refractivity contribution is 5.94. The first kappa shape index (κ1) is 15.5. The van der Waals surface area contributed by atoms with Crippen LogP contribution < -0.4 is 5.32 Å². The van der Waals surface area contributed by atoms with Crippen molar-refractivity contribution in [2.45, 2.75) is 6.42 Å². The van der Waals surface area contributed by atoms with Crippen LogP contribution in [0.4, 0.5) is 0 Å². The van der Waals surface area contributed by atoms with Crippen molar-refractivity contribution in [3.63, 3.8) is 0 Å². The van der Waals surface area contributed by atoms with Crippen LogP contribution in [-0.2, 0) is 6.42 Å². The molecule has 2 aromatic carbocycles. The van der Waals surface area contributed by atoms with Crippen LogP contribution in [0, 0.1) is 11.3 Å². The molecule has 0 saturated heterocycles. The molecule has 118 valence electrons. The molecule has 24 heavy (non-hydrogen) atoms. The van der Waals surface area contributed by atoms with Crippen molar-refractivity contribution in [1.29, 1.82) is 5.26 Å². The molecule has 1 N–H and O–H groups in total. The number of rotatable bonds is 5. The van der Waals surface area contributed by atoms with Crippen molar-refractivity contribution < 1.29 is 4.79 Å². The molecular formula is C19H16N4O. The third-order valence-electron chi connectivity index (χ3n) is 3.61. The van der Waals surface area contributed by atoms with Gasteiger partial charge < -0.3 is 5.32 Å². The molecule has 1 heterocycles. The van der Waals surface area contributed by atoms with Crippen LogP contribution in [0.15, 0.2) is 67.0 Å². The average molecular weight is 316 g/mol. The fourth-order valence-corrected chi connectivity index (χ4v) is 2.36. The van der Waals surface area contributed by atoms with Crippen LogP contribution in [-0.4, -0.2) is 22.2 Å². The van der Waals surface area contributed by atoms with E-state index in [4.69, 9.17) is 5.26 Å². The number of para-hydroxylation sites is 1. The van der Waals surface area contributed by atoms with Gasteiger partial charge in [-0.25, -0.2) is 4.68 Å². The predicted octanol–water partition coefficient (Wildman–Crippen LogP) is 2.72. The van der Waals surface area contributed by atoms with Gasteiger partial charge in [-0.15, -0.1) is 0 Å². The van der Waals surface area contributed by atoms with Gasteiger partial charge in [-0.2, -0.15) is 10.4 Å². The monoisotopic (exact) mass is 316 g/mol. The molecule has 1 amide bonds.